The summed E-state index contributed by atoms with van der Waals surface area (Å²) in [6.45, 7) is 0. The summed E-state index contributed by atoms with van der Waals surface area (Å²) in [7, 11) is 3.24. The van der Waals surface area contributed by atoms with Gasteiger partial charge < -0.3 is 9.47 Å². The first kappa shape index (κ1) is 8.45. The molecule has 0 N–H and O–H groups in total. The fourth-order valence-electron chi connectivity index (χ4n) is 0.885. The van der Waals surface area contributed by atoms with Crippen LogP contribution in [0.2, 0.25) is 0 Å². The Morgan fingerprint density at radius 1 is 1.58 bits per heavy atom. The molecule has 0 bridgehead atoms. The molecule has 0 atom stereocenters. The third-order valence-electron chi connectivity index (χ3n) is 1.57. The van der Waals surface area contributed by atoms with Crippen molar-refractivity contribution < 1.29 is 9.59 Å². The minimum atomic E-state index is 0.377. The number of carbonyl (C=O) groups is 2. The van der Waals surface area contributed by atoms with Gasteiger partial charge in [0, 0.05) is 14.1 Å². The van der Waals surface area contributed by atoms with Gasteiger partial charge in [0.1, 0.15) is 5.69 Å². The molecule has 5 nitrogen and oxygen atoms in total. The third-order valence-corrected chi connectivity index (χ3v) is 1.57. The lowest BCUT2D eigenvalue weighted by Crippen LogP contribution is -2.16. The van der Waals surface area contributed by atoms with Gasteiger partial charge in [0.15, 0.2) is 12.1 Å². The van der Waals surface area contributed by atoms with E-state index in [0.29, 0.717) is 24.2 Å². The number of aryl methyl sites for hydroxylation is 1. The molecular weight excluding hydrogens is 158 g/mol. The van der Waals surface area contributed by atoms with Crippen LogP contribution in [-0.4, -0.2) is 29.3 Å². The van der Waals surface area contributed by atoms with Crippen LogP contribution in [0.4, 0.5) is 5.82 Å². The van der Waals surface area contributed by atoms with Crippen molar-refractivity contribution in [1.29, 1.82) is 0 Å². The van der Waals surface area contributed by atoms with Crippen molar-refractivity contribution in [3.05, 3.63) is 12.0 Å². The highest BCUT2D eigenvalue weighted by Crippen LogP contribution is 2.12. The average molecular weight is 167 g/mol. The van der Waals surface area contributed by atoms with Gasteiger partial charge in [-0.15, -0.1) is 0 Å². The molecule has 0 spiro atoms. The van der Waals surface area contributed by atoms with Crippen LogP contribution >= 0.6 is 0 Å². The molecule has 12 heavy (non-hydrogen) atoms. The Labute approximate surface area is 69.6 Å². The van der Waals surface area contributed by atoms with Crippen molar-refractivity contribution >= 4 is 18.5 Å². The zero-order chi connectivity index (χ0) is 9.14. The predicted octanol–water partition coefficient (Wildman–Crippen LogP) is -0.175. The van der Waals surface area contributed by atoms with Crippen molar-refractivity contribution in [2.45, 2.75) is 0 Å². The summed E-state index contributed by atoms with van der Waals surface area (Å²) in [6.07, 6.45) is 2.76. The summed E-state index contributed by atoms with van der Waals surface area (Å²) in [6, 6.07) is 0. The minimum absolute atomic E-state index is 0.377. The molecule has 0 radical (unpaired) electrons. The fourth-order valence-corrected chi connectivity index (χ4v) is 0.885. The van der Waals surface area contributed by atoms with Gasteiger partial charge in [0.2, 0.25) is 6.41 Å². The summed E-state index contributed by atoms with van der Waals surface area (Å²) in [5.41, 5.74) is 0.393. The Hall–Kier alpha value is -1.65. The number of rotatable bonds is 3. The number of hydrogen-bond donors (Lipinski definition) is 0. The standard InChI is InChI=1S/C7H9N3O2/c1-9-4-8-7(6(9)3-11)10(2)5-12/h3-5H,1-2H3. The fraction of sp³-hybridized carbons (Fsp3) is 0.286. The van der Waals surface area contributed by atoms with Crippen LogP contribution in [0.3, 0.4) is 0 Å². The summed E-state index contributed by atoms with van der Waals surface area (Å²) < 4.78 is 1.56. The van der Waals surface area contributed by atoms with E-state index in [1.54, 1.807) is 18.7 Å². The Bertz CT molecular complexity index is 306. The van der Waals surface area contributed by atoms with E-state index in [-0.39, 0.29) is 0 Å². The number of aldehydes is 1. The highest BCUT2D eigenvalue weighted by molar-refractivity contribution is 5.86. The number of carbonyl (C=O) groups excluding carboxylic acids is 2. The van der Waals surface area contributed by atoms with Crippen LogP contribution < -0.4 is 4.90 Å². The number of hydrogen-bond acceptors (Lipinski definition) is 3. The first-order chi connectivity index (χ1) is 5.70. The summed E-state index contributed by atoms with van der Waals surface area (Å²) >= 11 is 0. The normalized spacial score (nSPS) is 9.50. The quantitative estimate of drug-likeness (QED) is 0.587. The molecule has 0 saturated carbocycles. The molecule has 0 aliphatic carbocycles. The van der Waals surface area contributed by atoms with Crippen LogP contribution in [-0.2, 0) is 11.8 Å². The molecule has 0 saturated heterocycles. The largest absolute Gasteiger partial charge is 0.330 e. The topological polar surface area (TPSA) is 55.2 Å². The first-order valence-corrected chi connectivity index (χ1v) is 3.35. The summed E-state index contributed by atoms with van der Waals surface area (Å²) in [5.74, 6) is 0.377. The highest BCUT2D eigenvalue weighted by atomic mass is 16.1. The molecule has 5 heteroatoms. The van der Waals surface area contributed by atoms with Crippen LogP contribution in [0.1, 0.15) is 10.5 Å². The second kappa shape index (κ2) is 3.17. The number of imidazole rings is 1. The molecular formula is C7H9N3O2. The lowest BCUT2D eigenvalue weighted by atomic mass is 10.4. The summed E-state index contributed by atoms with van der Waals surface area (Å²) in [5, 5.41) is 0. The monoisotopic (exact) mass is 167 g/mol. The molecule has 1 aromatic rings. The van der Waals surface area contributed by atoms with Crippen LogP contribution in [0, 0.1) is 0 Å². The van der Waals surface area contributed by atoms with E-state index in [1.807, 2.05) is 0 Å². The van der Waals surface area contributed by atoms with E-state index >= 15 is 0 Å². The van der Waals surface area contributed by atoms with Gasteiger partial charge >= 0.3 is 0 Å². The summed E-state index contributed by atoms with van der Waals surface area (Å²) in [4.78, 5) is 26.0. The van der Waals surface area contributed by atoms with Gasteiger partial charge in [-0.2, -0.15) is 0 Å². The average Bonchev–Trinajstić information content (AvgIpc) is 2.45. The van der Waals surface area contributed by atoms with Gasteiger partial charge in [-0.05, 0) is 0 Å². The van der Waals surface area contributed by atoms with Gasteiger partial charge in [0.05, 0.1) is 6.33 Å². The van der Waals surface area contributed by atoms with E-state index in [0.717, 1.165) is 0 Å². The van der Waals surface area contributed by atoms with Crippen molar-refractivity contribution in [3.8, 4) is 0 Å². The maximum Gasteiger partial charge on any atom is 0.215 e. The second-order valence-electron chi connectivity index (χ2n) is 2.40. The number of anilines is 1. The molecule has 64 valence electrons. The molecule has 1 aromatic heterocycles. The molecule has 0 unspecified atom stereocenters. The third kappa shape index (κ3) is 1.20. The number of aromatic nitrogens is 2. The highest BCUT2D eigenvalue weighted by Gasteiger charge is 2.10. The number of amides is 1. The van der Waals surface area contributed by atoms with Crippen LogP contribution in [0.25, 0.3) is 0 Å². The van der Waals surface area contributed by atoms with E-state index in [9.17, 15) is 9.59 Å². The first-order valence-electron chi connectivity index (χ1n) is 3.35. The van der Waals surface area contributed by atoms with Crippen molar-refractivity contribution in [2.24, 2.45) is 7.05 Å². The minimum Gasteiger partial charge on any atom is -0.330 e. The van der Waals surface area contributed by atoms with Crippen LogP contribution in [0.5, 0.6) is 0 Å². The molecule has 0 aliphatic rings. The Morgan fingerprint density at radius 2 is 2.25 bits per heavy atom. The zero-order valence-electron chi connectivity index (χ0n) is 6.89. The van der Waals surface area contributed by atoms with Gasteiger partial charge in [0.25, 0.3) is 0 Å². The maximum absolute atomic E-state index is 10.5. The molecule has 1 heterocycles. The molecule has 0 fully saturated rings. The predicted molar refractivity (Wildman–Crippen MR) is 43.1 cm³/mol. The second-order valence-corrected chi connectivity index (χ2v) is 2.40. The maximum atomic E-state index is 10.5. The molecule has 1 rings (SSSR count). The molecule has 1 amide bonds. The smallest absolute Gasteiger partial charge is 0.215 e. The molecule has 0 aromatic carbocycles. The lowest BCUT2D eigenvalue weighted by Gasteiger charge is -2.06. The van der Waals surface area contributed by atoms with Gasteiger partial charge in [-0.1, -0.05) is 0 Å². The van der Waals surface area contributed by atoms with Gasteiger partial charge in [-0.3, -0.25) is 9.59 Å². The Kier molecular flexibility index (Phi) is 2.23. The van der Waals surface area contributed by atoms with Gasteiger partial charge in [-0.25, -0.2) is 4.98 Å². The zero-order valence-corrected chi connectivity index (χ0v) is 6.89. The van der Waals surface area contributed by atoms with E-state index in [4.69, 9.17) is 0 Å². The Morgan fingerprint density at radius 3 is 2.75 bits per heavy atom. The SMILES string of the molecule is CN(C=O)c1ncn(C)c1C=O. The van der Waals surface area contributed by atoms with Crippen molar-refractivity contribution in [1.82, 2.24) is 9.55 Å². The van der Waals surface area contributed by atoms with Crippen molar-refractivity contribution in [3.63, 3.8) is 0 Å². The number of nitrogens with zero attached hydrogens (tertiary/aromatic N) is 3. The van der Waals surface area contributed by atoms with Crippen molar-refractivity contribution in [2.75, 3.05) is 11.9 Å². The van der Waals surface area contributed by atoms with E-state index in [1.165, 1.54) is 11.2 Å². The molecule has 0 aliphatic heterocycles. The van der Waals surface area contributed by atoms with E-state index < -0.39 is 0 Å². The Balaban J connectivity index is 3.14. The van der Waals surface area contributed by atoms with Crippen LogP contribution in [0.15, 0.2) is 6.33 Å². The lowest BCUT2D eigenvalue weighted by molar-refractivity contribution is -0.107. The van der Waals surface area contributed by atoms with E-state index in [2.05, 4.69) is 4.98 Å².